The Balaban J connectivity index is 1.92. The highest BCUT2D eigenvalue weighted by Crippen LogP contribution is 2.24. The van der Waals surface area contributed by atoms with Crippen molar-refractivity contribution in [1.29, 1.82) is 0 Å². The van der Waals surface area contributed by atoms with E-state index in [9.17, 15) is 0 Å². The van der Waals surface area contributed by atoms with Gasteiger partial charge in [0.1, 0.15) is 0 Å². The Labute approximate surface area is 129 Å². The van der Waals surface area contributed by atoms with Gasteiger partial charge in [-0.15, -0.1) is 0 Å². The first-order chi connectivity index (χ1) is 9.31. The highest BCUT2D eigenvalue weighted by atomic mass is 127. The van der Waals surface area contributed by atoms with Crippen LogP contribution >= 0.6 is 22.6 Å². The van der Waals surface area contributed by atoms with Crippen molar-refractivity contribution in [2.24, 2.45) is 0 Å². The summed E-state index contributed by atoms with van der Waals surface area (Å²) in [6.07, 6.45) is 3.54. The number of benzene rings is 2. The molecule has 2 aromatic rings. The maximum atomic E-state index is 3.44. The van der Waals surface area contributed by atoms with Crippen LogP contribution in [0.5, 0.6) is 0 Å². The van der Waals surface area contributed by atoms with E-state index in [0.717, 1.165) is 6.42 Å². The summed E-state index contributed by atoms with van der Waals surface area (Å²) in [5.74, 6) is 0. The van der Waals surface area contributed by atoms with Crippen LogP contribution in [0.25, 0.3) is 0 Å². The van der Waals surface area contributed by atoms with E-state index >= 15 is 0 Å². The number of aryl methyl sites for hydroxylation is 1. The van der Waals surface area contributed by atoms with Gasteiger partial charge in [0, 0.05) is 9.61 Å². The zero-order chi connectivity index (χ0) is 13.5. The van der Waals surface area contributed by atoms with Gasteiger partial charge in [0.05, 0.1) is 0 Å². The van der Waals surface area contributed by atoms with Crippen molar-refractivity contribution >= 4 is 22.6 Å². The number of rotatable bonds is 6. The number of hydrogen-bond acceptors (Lipinski definition) is 1. The molecule has 0 aliphatic carbocycles. The summed E-state index contributed by atoms with van der Waals surface area (Å²) in [5.41, 5.74) is 2.85. The molecular formula is C17H20IN. The van der Waals surface area contributed by atoms with Gasteiger partial charge in [-0.25, -0.2) is 0 Å². The maximum Gasteiger partial charge on any atom is 0.0328 e. The monoisotopic (exact) mass is 365 g/mol. The molecule has 0 amide bonds. The van der Waals surface area contributed by atoms with Gasteiger partial charge in [-0.2, -0.15) is 0 Å². The molecule has 0 heterocycles. The van der Waals surface area contributed by atoms with E-state index < -0.39 is 0 Å². The van der Waals surface area contributed by atoms with E-state index in [-0.39, 0.29) is 0 Å². The highest BCUT2D eigenvalue weighted by molar-refractivity contribution is 14.1. The lowest BCUT2D eigenvalue weighted by Crippen LogP contribution is -2.17. The second-order valence-electron chi connectivity index (χ2n) is 4.74. The van der Waals surface area contributed by atoms with E-state index in [4.69, 9.17) is 0 Å². The zero-order valence-corrected chi connectivity index (χ0v) is 13.4. The Morgan fingerprint density at radius 1 is 1.00 bits per heavy atom. The molecule has 2 rings (SSSR count). The molecule has 0 spiro atoms. The predicted octanol–water partition coefficient (Wildman–Crippen LogP) is 4.57. The van der Waals surface area contributed by atoms with Crippen LogP contribution in [0.3, 0.4) is 0 Å². The Bertz CT molecular complexity index is 496. The molecule has 0 saturated carbocycles. The van der Waals surface area contributed by atoms with Crippen LogP contribution in [-0.2, 0) is 6.42 Å². The first kappa shape index (κ1) is 14.5. The zero-order valence-electron chi connectivity index (χ0n) is 11.3. The highest BCUT2D eigenvalue weighted by Gasteiger charge is 2.11. The fourth-order valence-electron chi connectivity index (χ4n) is 2.37. The molecule has 0 aromatic heterocycles. The summed E-state index contributed by atoms with van der Waals surface area (Å²) in [7, 11) is 2.05. The molecule has 1 N–H and O–H groups in total. The summed E-state index contributed by atoms with van der Waals surface area (Å²) in [6, 6.07) is 19.8. The summed E-state index contributed by atoms with van der Waals surface area (Å²) in [5, 5.41) is 3.44. The van der Waals surface area contributed by atoms with Crippen LogP contribution in [-0.4, -0.2) is 7.05 Å². The minimum Gasteiger partial charge on any atom is -0.313 e. The second-order valence-corrected chi connectivity index (χ2v) is 5.90. The Morgan fingerprint density at radius 3 is 2.37 bits per heavy atom. The number of nitrogens with one attached hydrogen (secondary N) is 1. The number of hydrogen-bond donors (Lipinski definition) is 1. The summed E-state index contributed by atoms with van der Waals surface area (Å²) >= 11 is 2.42. The molecule has 0 aliphatic rings. The second kappa shape index (κ2) is 7.65. The van der Waals surface area contributed by atoms with Crippen molar-refractivity contribution in [3.05, 3.63) is 69.3 Å². The topological polar surface area (TPSA) is 12.0 Å². The Hall–Kier alpha value is -0.870. The maximum absolute atomic E-state index is 3.44. The molecule has 1 nitrogen and oxygen atoms in total. The molecule has 100 valence electrons. The lowest BCUT2D eigenvalue weighted by molar-refractivity contribution is 0.525. The molecule has 0 bridgehead atoms. The molecule has 19 heavy (non-hydrogen) atoms. The summed E-state index contributed by atoms with van der Waals surface area (Å²) in [4.78, 5) is 0. The Kier molecular flexibility index (Phi) is 5.86. The minimum atomic E-state index is 0.455. The molecule has 0 aliphatic heterocycles. The first-order valence-electron chi connectivity index (χ1n) is 6.77. The molecule has 1 atom stereocenters. The van der Waals surface area contributed by atoms with Gasteiger partial charge < -0.3 is 5.32 Å². The first-order valence-corrected chi connectivity index (χ1v) is 7.84. The van der Waals surface area contributed by atoms with Gasteiger partial charge in [0.15, 0.2) is 0 Å². The lowest BCUT2D eigenvalue weighted by atomic mass is 9.99. The lowest BCUT2D eigenvalue weighted by Gasteiger charge is -2.18. The Morgan fingerprint density at radius 2 is 1.68 bits per heavy atom. The quantitative estimate of drug-likeness (QED) is 0.740. The van der Waals surface area contributed by atoms with Crippen molar-refractivity contribution in [3.8, 4) is 0 Å². The van der Waals surface area contributed by atoms with Crippen molar-refractivity contribution in [2.75, 3.05) is 7.05 Å². The van der Waals surface area contributed by atoms with Gasteiger partial charge >= 0.3 is 0 Å². The smallest absolute Gasteiger partial charge is 0.0328 e. The average molecular weight is 365 g/mol. The fourth-order valence-corrected chi connectivity index (χ4v) is 3.13. The predicted molar refractivity (Wildman–Crippen MR) is 90.3 cm³/mol. The van der Waals surface area contributed by atoms with Gasteiger partial charge in [-0.1, -0.05) is 48.5 Å². The van der Waals surface area contributed by atoms with Crippen molar-refractivity contribution in [3.63, 3.8) is 0 Å². The fraction of sp³-hybridized carbons (Fsp3) is 0.294. The molecule has 2 heteroatoms. The van der Waals surface area contributed by atoms with Crippen LogP contribution in [0.1, 0.15) is 30.0 Å². The molecule has 0 fully saturated rings. The normalized spacial score (nSPS) is 12.3. The van der Waals surface area contributed by atoms with Gasteiger partial charge in [-0.05, 0) is 66.1 Å². The van der Waals surface area contributed by atoms with Crippen molar-refractivity contribution in [1.82, 2.24) is 5.32 Å². The summed E-state index contributed by atoms with van der Waals surface area (Å²) < 4.78 is 1.35. The standard InChI is InChI=1S/C17H20IN/c1-19-17(15-11-5-6-12-16(15)18)13-7-10-14-8-3-2-4-9-14/h2-6,8-9,11-12,17,19H,7,10,13H2,1H3. The molecule has 0 radical (unpaired) electrons. The molecule has 0 saturated heterocycles. The summed E-state index contributed by atoms with van der Waals surface area (Å²) in [6.45, 7) is 0. The molecule has 1 unspecified atom stereocenters. The largest absolute Gasteiger partial charge is 0.313 e. The van der Waals surface area contributed by atoms with Crippen LogP contribution in [0.4, 0.5) is 0 Å². The van der Waals surface area contributed by atoms with E-state index in [2.05, 4.69) is 89.6 Å². The van der Waals surface area contributed by atoms with Crippen LogP contribution in [0.2, 0.25) is 0 Å². The SMILES string of the molecule is CNC(CCCc1ccccc1)c1ccccc1I. The van der Waals surface area contributed by atoms with E-state index in [1.165, 1.54) is 27.5 Å². The van der Waals surface area contributed by atoms with Crippen LogP contribution in [0, 0.1) is 3.57 Å². The van der Waals surface area contributed by atoms with Crippen molar-refractivity contribution in [2.45, 2.75) is 25.3 Å². The van der Waals surface area contributed by atoms with E-state index in [1.807, 2.05) is 0 Å². The third-order valence-corrected chi connectivity index (χ3v) is 4.41. The van der Waals surface area contributed by atoms with Crippen LogP contribution in [0.15, 0.2) is 54.6 Å². The molecule has 2 aromatic carbocycles. The molecular weight excluding hydrogens is 345 g/mol. The third kappa shape index (κ3) is 4.32. The van der Waals surface area contributed by atoms with Gasteiger partial charge in [0.2, 0.25) is 0 Å². The van der Waals surface area contributed by atoms with Gasteiger partial charge in [0.25, 0.3) is 0 Å². The van der Waals surface area contributed by atoms with Gasteiger partial charge in [-0.3, -0.25) is 0 Å². The van der Waals surface area contributed by atoms with E-state index in [1.54, 1.807) is 0 Å². The number of halogens is 1. The minimum absolute atomic E-state index is 0.455. The van der Waals surface area contributed by atoms with E-state index in [0.29, 0.717) is 6.04 Å². The van der Waals surface area contributed by atoms with Crippen molar-refractivity contribution < 1.29 is 0 Å². The third-order valence-electron chi connectivity index (χ3n) is 3.43. The van der Waals surface area contributed by atoms with Crippen LogP contribution < -0.4 is 5.32 Å². The average Bonchev–Trinajstić information content (AvgIpc) is 2.46.